The first-order valence-electron chi connectivity index (χ1n) is 6.62. The van der Waals surface area contributed by atoms with Crippen LogP contribution in [0.1, 0.15) is 33.6 Å². The number of halogens is 2. The number of aliphatic carboxylic acids is 1. The van der Waals surface area contributed by atoms with Crippen molar-refractivity contribution in [2.24, 2.45) is 17.8 Å². The predicted octanol–water partition coefficient (Wildman–Crippen LogP) is 2.26. The van der Waals surface area contributed by atoms with Crippen LogP contribution in [0.15, 0.2) is 0 Å². The highest BCUT2D eigenvalue weighted by atomic mass is 19.3. The average Bonchev–Trinajstić information content (AvgIpc) is 2.63. The Hall–Kier alpha value is -1.40. The quantitative estimate of drug-likeness (QED) is 0.836. The number of carbonyl (C=O) groups excluding carboxylic acids is 1. The molecule has 2 fully saturated rings. The van der Waals surface area contributed by atoms with Crippen LogP contribution in [0.3, 0.4) is 0 Å². The minimum absolute atomic E-state index is 0.129. The molecule has 2 aliphatic rings. The van der Waals surface area contributed by atoms with Gasteiger partial charge in [0.2, 0.25) is 0 Å². The first-order chi connectivity index (χ1) is 9.02. The van der Waals surface area contributed by atoms with Gasteiger partial charge in [0.1, 0.15) is 11.6 Å². The van der Waals surface area contributed by atoms with Crippen molar-refractivity contribution in [2.45, 2.75) is 51.2 Å². The van der Waals surface area contributed by atoms with Crippen LogP contribution in [-0.2, 0) is 9.53 Å². The number of fused-ring (bicyclic) bond motifs is 1. The highest BCUT2D eigenvalue weighted by Gasteiger charge is 2.72. The van der Waals surface area contributed by atoms with Crippen LogP contribution in [0.4, 0.5) is 13.6 Å². The van der Waals surface area contributed by atoms with Crippen LogP contribution in [0, 0.1) is 17.8 Å². The van der Waals surface area contributed by atoms with E-state index in [4.69, 9.17) is 9.84 Å². The SMILES string of the molecule is CC(C)(C)OC(=O)N[C@H](C(=O)O)C1C[C@@H]2[C@H](C1)C2(F)F. The summed E-state index contributed by atoms with van der Waals surface area (Å²) in [5.41, 5.74) is -0.738. The van der Waals surface area contributed by atoms with Crippen molar-refractivity contribution < 1.29 is 28.2 Å². The number of carboxylic acid groups (broad SMARTS) is 1. The molecule has 0 bridgehead atoms. The third-order valence-corrected chi connectivity index (χ3v) is 3.89. The zero-order chi connectivity index (χ0) is 15.3. The molecule has 5 nitrogen and oxygen atoms in total. The third-order valence-electron chi connectivity index (χ3n) is 3.89. The monoisotopic (exact) mass is 291 g/mol. The molecule has 2 rings (SSSR count). The number of hydrogen-bond acceptors (Lipinski definition) is 3. The van der Waals surface area contributed by atoms with Gasteiger partial charge in [0.05, 0.1) is 0 Å². The van der Waals surface area contributed by atoms with Crippen LogP contribution in [-0.4, -0.2) is 34.7 Å². The lowest BCUT2D eigenvalue weighted by atomic mass is 9.94. The first kappa shape index (κ1) is 15.0. The van der Waals surface area contributed by atoms with E-state index in [9.17, 15) is 18.4 Å². The Morgan fingerprint density at radius 1 is 1.30 bits per heavy atom. The van der Waals surface area contributed by atoms with E-state index in [1.807, 2.05) is 0 Å². The molecular formula is C13H19F2NO4. The zero-order valence-corrected chi connectivity index (χ0v) is 11.7. The molecule has 0 aromatic rings. The van der Waals surface area contributed by atoms with Gasteiger partial charge in [-0.05, 0) is 39.5 Å². The van der Waals surface area contributed by atoms with E-state index in [-0.39, 0.29) is 12.8 Å². The summed E-state index contributed by atoms with van der Waals surface area (Å²) in [5, 5.41) is 11.4. The molecule has 0 radical (unpaired) electrons. The number of ether oxygens (including phenoxy) is 1. The molecule has 2 aliphatic carbocycles. The van der Waals surface area contributed by atoms with Crippen molar-refractivity contribution in [1.82, 2.24) is 5.32 Å². The maximum absolute atomic E-state index is 13.1. The Morgan fingerprint density at radius 3 is 2.20 bits per heavy atom. The third kappa shape index (κ3) is 2.86. The summed E-state index contributed by atoms with van der Waals surface area (Å²) in [7, 11) is 0. The largest absolute Gasteiger partial charge is 0.480 e. The summed E-state index contributed by atoms with van der Waals surface area (Å²) in [4.78, 5) is 22.8. The molecule has 1 amide bonds. The highest BCUT2D eigenvalue weighted by Crippen LogP contribution is 2.66. The van der Waals surface area contributed by atoms with Crippen molar-refractivity contribution in [3.8, 4) is 0 Å². The Bertz CT molecular complexity index is 419. The minimum atomic E-state index is -2.65. The van der Waals surface area contributed by atoms with E-state index in [0.29, 0.717) is 0 Å². The molecule has 2 saturated carbocycles. The van der Waals surface area contributed by atoms with E-state index in [1.54, 1.807) is 20.8 Å². The summed E-state index contributed by atoms with van der Waals surface area (Å²) < 4.78 is 31.2. The molecule has 114 valence electrons. The maximum Gasteiger partial charge on any atom is 0.408 e. The number of carboxylic acids is 1. The Morgan fingerprint density at radius 2 is 1.80 bits per heavy atom. The van der Waals surface area contributed by atoms with Gasteiger partial charge in [-0.3, -0.25) is 0 Å². The number of carbonyl (C=O) groups is 2. The Kier molecular flexibility index (Phi) is 3.42. The summed E-state index contributed by atoms with van der Waals surface area (Å²) in [5.74, 6) is -5.78. The molecule has 7 heteroatoms. The van der Waals surface area contributed by atoms with Crippen LogP contribution < -0.4 is 5.32 Å². The van der Waals surface area contributed by atoms with E-state index in [2.05, 4.69) is 5.32 Å². The number of amides is 1. The van der Waals surface area contributed by atoms with Gasteiger partial charge in [0, 0.05) is 11.8 Å². The van der Waals surface area contributed by atoms with Gasteiger partial charge in [0.15, 0.2) is 0 Å². The van der Waals surface area contributed by atoms with Gasteiger partial charge in [-0.1, -0.05) is 0 Å². The number of alkyl halides is 2. The number of rotatable bonds is 3. The minimum Gasteiger partial charge on any atom is -0.480 e. The lowest BCUT2D eigenvalue weighted by Crippen LogP contribution is -2.47. The van der Waals surface area contributed by atoms with Crippen LogP contribution in [0.25, 0.3) is 0 Å². The van der Waals surface area contributed by atoms with Gasteiger partial charge in [-0.15, -0.1) is 0 Å². The normalized spacial score (nSPS) is 32.1. The van der Waals surface area contributed by atoms with Crippen molar-refractivity contribution in [3.05, 3.63) is 0 Å². The molecule has 0 spiro atoms. The summed E-state index contributed by atoms with van der Waals surface area (Å²) >= 11 is 0. The fraction of sp³-hybridized carbons (Fsp3) is 0.846. The highest BCUT2D eigenvalue weighted by molar-refractivity contribution is 5.80. The number of nitrogens with one attached hydrogen (secondary N) is 1. The molecule has 4 atom stereocenters. The average molecular weight is 291 g/mol. The second-order valence-electron chi connectivity index (χ2n) is 6.58. The van der Waals surface area contributed by atoms with Crippen LogP contribution in [0.5, 0.6) is 0 Å². The number of hydrogen-bond donors (Lipinski definition) is 2. The zero-order valence-electron chi connectivity index (χ0n) is 11.7. The Balaban J connectivity index is 1.93. The number of alkyl carbamates (subject to hydrolysis) is 1. The standard InChI is InChI=1S/C13H19F2NO4/c1-12(2,3)20-11(19)16-9(10(17)18)6-4-7-8(5-6)13(7,14)15/h6-9H,4-5H2,1-3H3,(H,16,19)(H,17,18)/t6?,7-,8+,9-/m0/s1. The smallest absolute Gasteiger partial charge is 0.408 e. The topological polar surface area (TPSA) is 75.6 Å². The van der Waals surface area contributed by atoms with Crippen molar-refractivity contribution in [1.29, 1.82) is 0 Å². The fourth-order valence-corrected chi connectivity index (χ4v) is 2.94. The van der Waals surface area contributed by atoms with Crippen LogP contribution in [0.2, 0.25) is 0 Å². The molecule has 0 aromatic carbocycles. The van der Waals surface area contributed by atoms with Gasteiger partial charge < -0.3 is 15.2 Å². The molecular weight excluding hydrogens is 272 g/mol. The lowest BCUT2D eigenvalue weighted by molar-refractivity contribution is -0.141. The summed E-state index contributed by atoms with van der Waals surface area (Å²) in [6.45, 7) is 4.98. The second kappa shape index (κ2) is 4.56. The molecule has 0 aromatic heterocycles. The first-order valence-corrected chi connectivity index (χ1v) is 6.62. The molecule has 0 aliphatic heterocycles. The summed E-state index contributed by atoms with van der Waals surface area (Å²) in [6.07, 6.45) is -0.577. The molecule has 0 saturated heterocycles. The van der Waals surface area contributed by atoms with Crippen molar-refractivity contribution >= 4 is 12.1 Å². The van der Waals surface area contributed by atoms with Crippen LogP contribution >= 0.6 is 0 Å². The van der Waals surface area contributed by atoms with Crippen molar-refractivity contribution in [2.75, 3.05) is 0 Å². The van der Waals surface area contributed by atoms with Crippen molar-refractivity contribution in [3.63, 3.8) is 0 Å². The lowest BCUT2D eigenvalue weighted by Gasteiger charge is -2.25. The van der Waals surface area contributed by atoms with Gasteiger partial charge in [-0.25, -0.2) is 18.4 Å². The maximum atomic E-state index is 13.1. The summed E-state index contributed by atoms with van der Waals surface area (Å²) in [6, 6.07) is -1.17. The van der Waals surface area contributed by atoms with E-state index in [0.717, 1.165) is 0 Å². The Labute approximate surface area is 115 Å². The molecule has 1 unspecified atom stereocenters. The van der Waals surface area contributed by atoms with Gasteiger partial charge in [-0.2, -0.15) is 0 Å². The fourth-order valence-electron chi connectivity index (χ4n) is 2.94. The molecule has 2 N–H and O–H groups in total. The molecule has 20 heavy (non-hydrogen) atoms. The van der Waals surface area contributed by atoms with Gasteiger partial charge >= 0.3 is 12.1 Å². The second-order valence-corrected chi connectivity index (χ2v) is 6.58. The molecule has 0 heterocycles. The van der Waals surface area contributed by atoms with E-state index < -0.39 is 47.4 Å². The predicted molar refractivity (Wildman–Crippen MR) is 65.4 cm³/mol. The van der Waals surface area contributed by atoms with E-state index >= 15 is 0 Å². The van der Waals surface area contributed by atoms with E-state index in [1.165, 1.54) is 0 Å². The van der Waals surface area contributed by atoms with Gasteiger partial charge in [0.25, 0.3) is 5.92 Å².